The molecule has 1 N–H and O–H groups in total. The summed E-state index contributed by atoms with van der Waals surface area (Å²) in [6.07, 6.45) is 1.74. The number of hydrogen-bond donors (Lipinski definition) is 1. The standard InChI is InChI=1S/C25H25Cl2N3O4.Na/c1-25(2)29-21(17-11-18(26)13-19(27)12-17)24(34)30(25)22(14-3-4-14)15-5-7-16(8-6-15)23(33)28-10-9-20(31)32;/h5-8,11-14,22H,3-4,9-10H2,1-2H3,(H,28,33)(H,31,32);/q;+1/p-1/t22-;/m1./s1. The number of amides is 2. The van der Waals surface area contributed by atoms with Gasteiger partial charge in [-0.3, -0.25) is 14.6 Å². The fourth-order valence-corrected chi connectivity index (χ4v) is 4.87. The van der Waals surface area contributed by atoms with Crippen LogP contribution in [0.3, 0.4) is 0 Å². The third-order valence-electron chi connectivity index (χ3n) is 6.01. The Morgan fingerprint density at radius 2 is 1.74 bits per heavy atom. The van der Waals surface area contributed by atoms with Crippen molar-refractivity contribution in [1.82, 2.24) is 10.2 Å². The first-order valence-corrected chi connectivity index (χ1v) is 11.8. The van der Waals surface area contributed by atoms with E-state index in [4.69, 9.17) is 28.2 Å². The molecule has 0 unspecified atom stereocenters. The molecule has 2 aromatic carbocycles. The fraction of sp³-hybridized carbons (Fsp3) is 0.360. The Kier molecular flexibility index (Phi) is 8.71. The van der Waals surface area contributed by atoms with Crippen molar-refractivity contribution in [2.24, 2.45) is 10.9 Å². The summed E-state index contributed by atoms with van der Waals surface area (Å²) < 4.78 is 0. The van der Waals surface area contributed by atoms with Gasteiger partial charge in [0, 0.05) is 40.1 Å². The van der Waals surface area contributed by atoms with E-state index in [1.54, 1.807) is 30.3 Å². The van der Waals surface area contributed by atoms with Crippen molar-refractivity contribution >= 4 is 46.7 Å². The van der Waals surface area contributed by atoms with Gasteiger partial charge in [0.05, 0.1) is 6.04 Å². The van der Waals surface area contributed by atoms with Gasteiger partial charge in [-0.25, -0.2) is 0 Å². The van der Waals surface area contributed by atoms with Crippen LogP contribution in [0.4, 0.5) is 0 Å². The van der Waals surface area contributed by atoms with Crippen LogP contribution in [0, 0.1) is 5.92 Å². The summed E-state index contributed by atoms with van der Waals surface area (Å²) in [5, 5.41) is 14.0. The molecule has 1 saturated carbocycles. The van der Waals surface area contributed by atoms with Crippen LogP contribution in [-0.4, -0.2) is 40.6 Å². The number of carboxylic acids is 1. The molecule has 0 aromatic heterocycles. The van der Waals surface area contributed by atoms with Crippen molar-refractivity contribution in [2.75, 3.05) is 6.54 Å². The molecule has 2 aliphatic rings. The summed E-state index contributed by atoms with van der Waals surface area (Å²) in [5.74, 6) is -1.48. The van der Waals surface area contributed by atoms with E-state index in [0.29, 0.717) is 32.8 Å². The van der Waals surface area contributed by atoms with Crippen LogP contribution < -0.4 is 40.0 Å². The molecule has 0 saturated heterocycles. The van der Waals surface area contributed by atoms with Gasteiger partial charge in [-0.15, -0.1) is 0 Å². The molecule has 1 atom stereocenters. The van der Waals surface area contributed by atoms with Crippen LogP contribution in [0.15, 0.2) is 47.5 Å². The number of carbonyl (C=O) groups excluding carboxylic acids is 3. The molecule has 0 radical (unpaired) electrons. The Labute approximate surface area is 236 Å². The first-order valence-electron chi connectivity index (χ1n) is 11.0. The molecule has 1 aliphatic carbocycles. The zero-order valence-corrected chi connectivity index (χ0v) is 23.3. The van der Waals surface area contributed by atoms with Crippen molar-refractivity contribution in [3.63, 3.8) is 0 Å². The molecule has 4 rings (SSSR count). The molecule has 7 nitrogen and oxygen atoms in total. The number of halogens is 2. The van der Waals surface area contributed by atoms with Gasteiger partial charge < -0.3 is 20.1 Å². The van der Waals surface area contributed by atoms with Gasteiger partial charge in [-0.05, 0) is 68.5 Å². The number of aliphatic carboxylic acids is 1. The molecule has 1 fully saturated rings. The Hall–Kier alpha value is -1.90. The van der Waals surface area contributed by atoms with Crippen LogP contribution in [0.1, 0.15) is 60.6 Å². The van der Waals surface area contributed by atoms with E-state index >= 15 is 0 Å². The quantitative estimate of drug-likeness (QED) is 0.505. The molecule has 2 aromatic rings. The molecule has 2 amide bonds. The minimum atomic E-state index is -1.22. The van der Waals surface area contributed by atoms with Gasteiger partial charge in [-0.2, -0.15) is 0 Å². The Bertz CT molecular complexity index is 1160. The topological polar surface area (TPSA) is 102 Å². The average Bonchev–Trinajstić information content (AvgIpc) is 3.56. The van der Waals surface area contributed by atoms with Crippen molar-refractivity contribution in [3.8, 4) is 0 Å². The SMILES string of the molecule is CC1(C)N=C(c2cc(Cl)cc(Cl)c2)C(=O)N1[C@@H](c1ccc(C(=O)NCCC(=O)[O-])cc1)C1CC1.[Na+]. The number of rotatable bonds is 8. The molecule has 0 spiro atoms. The number of aliphatic imine (C=N–C) groups is 1. The third-order valence-corrected chi connectivity index (χ3v) is 6.44. The van der Waals surface area contributed by atoms with E-state index in [0.717, 1.165) is 18.4 Å². The summed E-state index contributed by atoms with van der Waals surface area (Å²) in [6.45, 7) is 3.80. The Morgan fingerprint density at radius 1 is 1.14 bits per heavy atom. The average molecular weight is 524 g/mol. The summed E-state index contributed by atoms with van der Waals surface area (Å²) in [4.78, 5) is 43.0. The molecule has 178 valence electrons. The van der Waals surface area contributed by atoms with Gasteiger partial charge in [0.15, 0.2) is 0 Å². The van der Waals surface area contributed by atoms with Crippen LogP contribution in [0.2, 0.25) is 10.0 Å². The van der Waals surface area contributed by atoms with Gasteiger partial charge in [-0.1, -0.05) is 35.3 Å². The normalized spacial score (nSPS) is 17.4. The predicted octanol–water partition coefficient (Wildman–Crippen LogP) is 0.386. The van der Waals surface area contributed by atoms with Crippen molar-refractivity contribution in [1.29, 1.82) is 0 Å². The van der Waals surface area contributed by atoms with Gasteiger partial charge >= 0.3 is 29.6 Å². The number of nitrogens with one attached hydrogen (secondary N) is 1. The Morgan fingerprint density at radius 3 is 2.29 bits per heavy atom. The summed E-state index contributed by atoms with van der Waals surface area (Å²) in [7, 11) is 0. The first kappa shape index (κ1) is 27.7. The van der Waals surface area contributed by atoms with E-state index in [9.17, 15) is 19.5 Å². The number of nitrogens with zero attached hydrogens (tertiary/aromatic N) is 2. The fourth-order valence-electron chi connectivity index (χ4n) is 4.34. The second kappa shape index (κ2) is 11.0. The molecule has 1 aliphatic heterocycles. The minimum Gasteiger partial charge on any atom is -0.550 e. The van der Waals surface area contributed by atoms with Crippen LogP contribution in [0.25, 0.3) is 0 Å². The molecule has 0 bridgehead atoms. The van der Waals surface area contributed by atoms with Crippen molar-refractivity contribution in [2.45, 2.75) is 44.8 Å². The zero-order chi connectivity index (χ0) is 24.6. The molecular weight excluding hydrogens is 500 g/mol. The zero-order valence-electron chi connectivity index (χ0n) is 19.8. The van der Waals surface area contributed by atoms with Gasteiger partial charge in [0.1, 0.15) is 11.4 Å². The molecular formula is C25H24Cl2N3NaO4. The maximum Gasteiger partial charge on any atom is 1.00 e. The second-order valence-electron chi connectivity index (χ2n) is 9.07. The van der Waals surface area contributed by atoms with E-state index in [1.165, 1.54) is 0 Å². The molecule has 10 heteroatoms. The molecule has 1 heterocycles. The van der Waals surface area contributed by atoms with Gasteiger partial charge in [0.2, 0.25) is 0 Å². The maximum absolute atomic E-state index is 13.6. The molecule has 35 heavy (non-hydrogen) atoms. The van der Waals surface area contributed by atoms with Crippen LogP contribution in [0.5, 0.6) is 0 Å². The second-order valence-corrected chi connectivity index (χ2v) is 9.94. The number of carbonyl (C=O) groups is 3. The number of carboxylic acid groups (broad SMARTS) is 1. The van der Waals surface area contributed by atoms with Crippen molar-refractivity contribution < 1.29 is 49.0 Å². The van der Waals surface area contributed by atoms with E-state index in [1.807, 2.05) is 30.9 Å². The van der Waals surface area contributed by atoms with E-state index in [2.05, 4.69) is 5.32 Å². The summed E-state index contributed by atoms with van der Waals surface area (Å²) in [6, 6.07) is 11.8. The summed E-state index contributed by atoms with van der Waals surface area (Å²) in [5.41, 5.74) is 1.44. The van der Waals surface area contributed by atoms with Crippen molar-refractivity contribution in [3.05, 3.63) is 69.2 Å². The number of hydrogen-bond acceptors (Lipinski definition) is 5. The van der Waals surface area contributed by atoms with Crippen LogP contribution in [-0.2, 0) is 9.59 Å². The largest absolute Gasteiger partial charge is 1.00 e. The first-order chi connectivity index (χ1) is 16.1. The third kappa shape index (κ3) is 6.27. The Balaban J connectivity index is 0.00000342. The van der Waals surface area contributed by atoms with Crippen LogP contribution >= 0.6 is 23.2 Å². The summed E-state index contributed by atoms with van der Waals surface area (Å²) >= 11 is 12.3. The van der Waals surface area contributed by atoms with E-state index in [-0.39, 0.29) is 60.4 Å². The van der Waals surface area contributed by atoms with Gasteiger partial charge in [0.25, 0.3) is 11.8 Å². The maximum atomic E-state index is 13.6. The predicted molar refractivity (Wildman–Crippen MR) is 128 cm³/mol. The minimum absolute atomic E-state index is 0. The monoisotopic (exact) mass is 523 g/mol. The smallest absolute Gasteiger partial charge is 0.550 e. The number of benzene rings is 2. The van der Waals surface area contributed by atoms with E-state index < -0.39 is 11.6 Å².